The summed E-state index contributed by atoms with van der Waals surface area (Å²) in [5.41, 5.74) is 0. The number of allylic oxidation sites excluding steroid dienone is 1. The Morgan fingerprint density at radius 1 is 0.370 bits per heavy atom. The number of rotatable bonds is 63. The highest BCUT2D eigenvalue weighted by molar-refractivity contribution is 5.76. The smallest absolute Gasteiger partial charge is 0.305 e. The van der Waals surface area contributed by atoms with E-state index in [9.17, 15) is 19.8 Å². The van der Waals surface area contributed by atoms with Crippen LogP contribution in [0, 0.1) is 0 Å². The number of aliphatic hydroxyl groups is 2. The Morgan fingerprint density at radius 3 is 0.932 bits per heavy atom. The number of nitrogens with one attached hydrogen (secondary N) is 1. The number of carbonyl (C=O) groups excluding carboxylic acids is 2. The third-order valence-electron chi connectivity index (χ3n) is 15.8. The molecule has 2 unspecified atom stereocenters. The Morgan fingerprint density at radius 2 is 0.630 bits per heavy atom. The lowest BCUT2D eigenvalue weighted by atomic mass is 10.0. The van der Waals surface area contributed by atoms with E-state index in [1.807, 2.05) is 6.08 Å². The Kier molecular flexibility index (Phi) is 61.9. The van der Waals surface area contributed by atoms with Gasteiger partial charge >= 0.3 is 5.97 Å². The van der Waals surface area contributed by atoms with Gasteiger partial charge in [0.05, 0.1) is 25.4 Å². The predicted molar refractivity (Wildman–Crippen MR) is 320 cm³/mol. The molecule has 0 saturated carbocycles. The van der Waals surface area contributed by atoms with Crippen molar-refractivity contribution in [1.29, 1.82) is 0 Å². The first-order valence-electron chi connectivity index (χ1n) is 33.5. The van der Waals surface area contributed by atoms with Crippen LogP contribution >= 0.6 is 0 Å². The van der Waals surface area contributed by atoms with E-state index >= 15 is 0 Å². The van der Waals surface area contributed by atoms with E-state index in [1.165, 1.54) is 315 Å². The highest BCUT2D eigenvalue weighted by Gasteiger charge is 2.18. The van der Waals surface area contributed by atoms with E-state index in [0.717, 1.165) is 38.5 Å². The maximum atomic E-state index is 12.5. The quantitative estimate of drug-likeness (QED) is 0.0320. The largest absolute Gasteiger partial charge is 0.466 e. The van der Waals surface area contributed by atoms with Crippen LogP contribution in [-0.2, 0) is 14.3 Å². The van der Waals surface area contributed by atoms with Crippen LogP contribution in [0.5, 0.6) is 0 Å². The maximum absolute atomic E-state index is 12.5. The van der Waals surface area contributed by atoms with Crippen LogP contribution in [0.2, 0.25) is 0 Å². The van der Waals surface area contributed by atoms with E-state index in [4.69, 9.17) is 4.74 Å². The number of aliphatic hydroxyl groups excluding tert-OH is 2. The molecular formula is C67H131NO5. The van der Waals surface area contributed by atoms with Crippen LogP contribution in [0.4, 0.5) is 0 Å². The van der Waals surface area contributed by atoms with Crippen LogP contribution in [-0.4, -0.2) is 47.4 Å². The Hall–Kier alpha value is -1.40. The molecule has 73 heavy (non-hydrogen) atoms. The zero-order valence-corrected chi connectivity index (χ0v) is 49.6. The number of esters is 1. The Labute approximate surface area is 457 Å². The second-order valence-electron chi connectivity index (χ2n) is 23.2. The minimum Gasteiger partial charge on any atom is -0.466 e. The normalized spacial score (nSPS) is 12.5. The fraction of sp³-hybridized carbons (Fsp3) is 0.940. The van der Waals surface area contributed by atoms with Gasteiger partial charge in [-0.3, -0.25) is 9.59 Å². The van der Waals surface area contributed by atoms with Gasteiger partial charge in [-0.2, -0.15) is 0 Å². The standard InChI is InChI=1S/C67H131NO5/c1-3-5-7-9-11-13-15-17-18-19-20-23-26-29-32-36-39-43-47-51-55-59-65(70)64(63-69)68-66(71)60-56-52-48-44-40-37-33-30-27-24-21-22-25-28-31-34-38-42-46-50-54-58-62-73-67(72)61-57-53-49-45-41-35-16-14-12-10-8-6-4-2/h55,59,64-65,69-70H,3-54,56-58,60-63H2,1-2H3,(H,68,71)/b59-55+. The van der Waals surface area contributed by atoms with Gasteiger partial charge in [0.15, 0.2) is 0 Å². The average Bonchev–Trinajstić information content (AvgIpc) is 3.39. The van der Waals surface area contributed by atoms with Crippen molar-refractivity contribution >= 4 is 11.9 Å². The molecule has 0 aromatic rings. The molecule has 0 aromatic carbocycles. The van der Waals surface area contributed by atoms with E-state index in [1.54, 1.807) is 6.08 Å². The highest BCUT2D eigenvalue weighted by Crippen LogP contribution is 2.19. The molecule has 0 aliphatic rings. The topological polar surface area (TPSA) is 95.9 Å². The predicted octanol–water partition coefficient (Wildman–Crippen LogP) is 21.2. The molecule has 0 fully saturated rings. The minimum absolute atomic E-state index is 0.0152. The molecule has 3 N–H and O–H groups in total. The number of hydrogen-bond acceptors (Lipinski definition) is 5. The molecule has 0 aliphatic heterocycles. The van der Waals surface area contributed by atoms with E-state index < -0.39 is 12.1 Å². The van der Waals surface area contributed by atoms with Gasteiger partial charge in [0.1, 0.15) is 0 Å². The summed E-state index contributed by atoms with van der Waals surface area (Å²) in [7, 11) is 0. The maximum Gasteiger partial charge on any atom is 0.305 e. The van der Waals surface area contributed by atoms with Crippen LogP contribution in [0.1, 0.15) is 380 Å². The van der Waals surface area contributed by atoms with Crippen molar-refractivity contribution < 1.29 is 24.5 Å². The van der Waals surface area contributed by atoms with Crippen LogP contribution in [0.25, 0.3) is 0 Å². The monoisotopic (exact) mass is 1030 g/mol. The molecule has 0 aromatic heterocycles. The van der Waals surface area contributed by atoms with Gasteiger partial charge in [-0.15, -0.1) is 0 Å². The molecule has 0 saturated heterocycles. The average molecular weight is 1030 g/mol. The summed E-state index contributed by atoms with van der Waals surface area (Å²) < 4.78 is 5.48. The molecule has 6 heteroatoms. The number of carbonyl (C=O) groups is 2. The number of amides is 1. The first-order valence-corrected chi connectivity index (χ1v) is 33.5. The van der Waals surface area contributed by atoms with Crippen molar-refractivity contribution in [2.45, 2.75) is 392 Å². The van der Waals surface area contributed by atoms with E-state index in [-0.39, 0.29) is 18.5 Å². The molecular weight excluding hydrogens is 899 g/mol. The summed E-state index contributed by atoms with van der Waals surface area (Å²) in [6.45, 7) is 4.94. The number of hydrogen-bond donors (Lipinski definition) is 3. The van der Waals surface area contributed by atoms with Gasteiger partial charge in [0.2, 0.25) is 5.91 Å². The second-order valence-corrected chi connectivity index (χ2v) is 23.2. The zero-order valence-electron chi connectivity index (χ0n) is 49.6. The summed E-state index contributed by atoms with van der Waals surface area (Å²) in [6.07, 6.45) is 77.0. The molecule has 0 bridgehead atoms. The van der Waals surface area contributed by atoms with Crippen molar-refractivity contribution in [2.75, 3.05) is 13.2 Å². The first-order chi connectivity index (χ1) is 36.0. The fourth-order valence-corrected chi connectivity index (χ4v) is 10.7. The summed E-state index contributed by atoms with van der Waals surface area (Å²) in [5, 5.41) is 23.2. The number of unbranched alkanes of at least 4 members (excludes halogenated alkanes) is 52. The minimum atomic E-state index is -0.845. The third kappa shape index (κ3) is 59.7. The molecule has 0 heterocycles. The second kappa shape index (κ2) is 63.1. The molecule has 2 atom stereocenters. The lowest BCUT2D eigenvalue weighted by Gasteiger charge is -2.20. The van der Waals surface area contributed by atoms with Gasteiger partial charge in [0.25, 0.3) is 0 Å². The lowest BCUT2D eigenvalue weighted by Crippen LogP contribution is -2.45. The summed E-state index contributed by atoms with van der Waals surface area (Å²) in [5.74, 6) is -0.0486. The molecule has 434 valence electrons. The Bertz CT molecular complexity index is 1100. The van der Waals surface area contributed by atoms with E-state index in [2.05, 4.69) is 19.2 Å². The van der Waals surface area contributed by atoms with Crippen LogP contribution < -0.4 is 5.32 Å². The third-order valence-corrected chi connectivity index (χ3v) is 15.8. The lowest BCUT2D eigenvalue weighted by molar-refractivity contribution is -0.143. The van der Waals surface area contributed by atoms with Crippen molar-refractivity contribution in [3.05, 3.63) is 12.2 Å². The van der Waals surface area contributed by atoms with E-state index in [0.29, 0.717) is 19.4 Å². The van der Waals surface area contributed by atoms with Crippen molar-refractivity contribution in [3.63, 3.8) is 0 Å². The first kappa shape index (κ1) is 71.6. The van der Waals surface area contributed by atoms with Gasteiger partial charge in [-0.1, -0.05) is 347 Å². The summed E-state index contributed by atoms with van der Waals surface area (Å²) in [4.78, 5) is 24.6. The SMILES string of the molecule is CCCCCCCCCCCCCCCCCCCCC/C=C/C(O)C(CO)NC(=O)CCCCCCCCCCCCCCCCCCCCCCCCOC(=O)CCCCCCCCCCCCCCC. The summed E-state index contributed by atoms with van der Waals surface area (Å²) >= 11 is 0. The molecule has 6 nitrogen and oxygen atoms in total. The van der Waals surface area contributed by atoms with Crippen molar-refractivity contribution in [3.8, 4) is 0 Å². The Balaban J connectivity index is 3.40. The highest BCUT2D eigenvalue weighted by atomic mass is 16.5. The molecule has 0 rings (SSSR count). The van der Waals surface area contributed by atoms with Gasteiger partial charge < -0.3 is 20.3 Å². The van der Waals surface area contributed by atoms with Gasteiger partial charge in [-0.05, 0) is 32.1 Å². The van der Waals surface area contributed by atoms with Crippen molar-refractivity contribution in [1.82, 2.24) is 5.32 Å². The van der Waals surface area contributed by atoms with Crippen molar-refractivity contribution in [2.24, 2.45) is 0 Å². The van der Waals surface area contributed by atoms with Crippen LogP contribution in [0.15, 0.2) is 12.2 Å². The fourth-order valence-electron chi connectivity index (χ4n) is 10.7. The molecule has 0 aliphatic carbocycles. The summed E-state index contributed by atoms with van der Waals surface area (Å²) in [6, 6.07) is -0.628. The molecule has 0 radical (unpaired) electrons. The van der Waals surface area contributed by atoms with Crippen LogP contribution in [0.3, 0.4) is 0 Å². The zero-order chi connectivity index (χ0) is 52.9. The number of ether oxygens (including phenoxy) is 1. The molecule has 1 amide bonds. The molecule has 0 spiro atoms. The van der Waals surface area contributed by atoms with Gasteiger partial charge in [0, 0.05) is 12.8 Å². The van der Waals surface area contributed by atoms with Gasteiger partial charge in [-0.25, -0.2) is 0 Å².